The fourth-order valence-electron chi connectivity index (χ4n) is 4.18. The van der Waals surface area contributed by atoms with Crippen LogP contribution in [-0.4, -0.2) is 68.3 Å². The molecular weight excluding hydrogens is 478 g/mol. The van der Waals surface area contributed by atoms with Gasteiger partial charge in [-0.3, -0.25) is 9.59 Å². The van der Waals surface area contributed by atoms with Crippen molar-refractivity contribution in [3.8, 4) is 0 Å². The lowest BCUT2D eigenvalue weighted by atomic mass is 10.1. The number of carbonyl (C=O) groups excluding carboxylic acids is 2. The Kier molecular flexibility index (Phi) is 7.88. The summed E-state index contributed by atoms with van der Waals surface area (Å²) < 4.78 is 33.8. The van der Waals surface area contributed by atoms with Gasteiger partial charge in [0, 0.05) is 36.8 Å². The summed E-state index contributed by atoms with van der Waals surface area (Å²) in [5, 5.41) is 3.26. The first-order chi connectivity index (χ1) is 16.4. The fourth-order valence-corrected chi connectivity index (χ4v) is 5.92. The van der Waals surface area contributed by atoms with Crippen molar-refractivity contribution >= 4 is 33.4 Å². The van der Waals surface area contributed by atoms with Gasteiger partial charge in [-0.2, -0.15) is 4.31 Å². The number of amides is 2. The summed E-state index contributed by atoms with van der Waals surface area (Å²) in [5.41, 5.74) is 1.22. The Morgan fingerprint density at radius 2 is 1.74 bits per heavy atom. The predicted molar refractivity (Wildman–Crippen MR) is 128 cm³/mol. The van der Waals surface area contributed by atoms with Crippen LogP contribution < -0.4 is 5.32 Å². The molecule has 0 aliphatic carbocycles. The smallest absolute Gasteiger partial charge is 0.254 e. The van der Waals surface area contributed by atoms with Crippen LogP contribution in [0.3, 0.4) is 0 Å². The van der Waals surface area contributed by atoms with Crippen molar-refractivity contribution < 1.29 is 22.7 Å². The van der Waals surface area contributed by atoms with Crippen molar-refractivity contribution in [1.82, 2.24) is 14.5 Å². The average Bonchev–Trinajstić information content (AvgIpc) is 3.07. The molecule has 2 aliphatic heterocycles. The second-order valence-electron chi connectivity index (χ2n) is 8.41. The molecular formula is C24H28ClN3O5S. The maximum Gasteiger partial charge on any atom is 0.254 e. The molecule has 10 heteroatoms. The van der Waals surface area contributed by atoms with Gasteiger partial charge in [0.25, 0.3) is 5.91 Å². The SMILES string of the molecule is O=C1NCCCC[C@H]1N(Cc1ccc(C(=O)N2CCOCC2)cc1)S(=O)(=O)c1ccc(Cl)cc1. The Hall–Kier alpha value is -2.46. The zero-order chi connectivity index (χ0) is 24.1. The number of morpholine rings is 1. The molecule has 182 valence electrons. The number of ether oxygens (including phenoxy) is 1. The molecule has 2 amide bonds. The molecule has 1 N–H and O–H groups in total. The highest BCUT2D eigenvalue weighted by atomic mass is 35.5. The van der Waals surface area contributed by atoms with Crippen LogP contribution in [0.4, 0.5) is 0 Å². The van der Waals surface area contributed by atoms with Crippen molar-refractivity contribution in [2.45, 2.75) is 36.7 Å². The number of benzene rings is 2. The van der Waals surface area contributed by atoms with E-state index in [-0.39, 0.29) is 23.3 Å². The van der Waals surface area contributed by atoms with Gasteiger partial charge < -0.3 is 15.0 Å². The quantitative estimate of drug-likeness (QED) is 0.651. The van der Waals surface area contributed by atoms with E-state index in [2.05, 4.69) is 5.32 Å². The molecule has 4 rings (SSSR count). The Labute approximate surface area is 204 Å². The Morgan fingerprint density at radius 3 is 2.41 bits per heavy atom. The fraction of sp³-hybridized carbons (Fsp3) is 0.417. The van der Waals surface area contributed by atoms with Crippen LogP contribution in [0.2, 0.25) is 5.02 Å². The summed E-state index contributed by atoms with van der Waals surface area (Å²) in [6, 6.07) is 12.0. The lowest BCUT2D eigenvalue weighted by Gasteiger charge is -2.29. The van der Waals surface area contributed by atoms with Crippen LogP contribution in [0.1, 0.15) is 35.2 Å². The van der Waals surface area contributed by atoms with Gasteiger partial charge in [0.05, 0.1) is 18.1 Å². The number of sulfonamides is 1. The number of hydrogen-bond donors (Lipinski definition) is 1. The number of nitrogens with one attached hydrogen (secondary N) is 1. The van der Waals surface area contributed by atoms with E-state index in [4.69, 9.17) is 16.3 Å². The first-order valence-corrected chi connectivity index (χ1v) is 13.2. The molecule has 2 aliphatic rings. The second kappa shape index (κ2) is 10.9. The number of nitrogens with zero attached hydrogens (tertiary/aromatic N) is 2. The van der Waals surface area contributed by atoms with Gasteiger partial charge in [-0.05, 0) is 61.2 Å². The minimum atomic E-state index is -3.98. The normalized spacial score (nSPS) is 19.5. The molecule has 0 saturated carbocycles. The zero-order valence-electron chi connectivity index (χ0n) is 18.8. The first kappa shape index (κ1) is 24.7. The minimum absolute atomic E-state index is 0.00900. The lowest BCUT2D eigenvalue weighted by molar-refractivity contribution is -0.124. The molecule has 2 heterocycles. The molecule has 0 aromatic heterocycles. The number of rotatable bonds is 6. The topological polar surface area (TPSA) is 96.0 Å². The third-order valence-electron chi connectivity index (χ3n) is 6.11. The summed E-state index contributed by atoms with van der Waals surface area (Å²) in [6.07, 6.45) is 1.98. The molecule has 34 heavy (non-hydrogen) atoms. The van der Waals surface area contributed by atoms with E-state index >= 15 is 0 Å². The zero-order valence-corrected chi connectivity index (χ0v) is 20.4. The highest BCUT2D eigenvalue weighted by Crippen LogP contribution is 2.26. The monoisotopic (exact) mass is 505 g/mol. The Balaban J connectivity index is 1.61. The highest BCUT2D eigenvalue weighted by Gasteiger charge is 2.36. The van der Waals surface area contributed by atoms with Gasteiger partial charge in [-0.25, -0.2) is 8.42 Å². The maximum absolute atomic E-state index is 13.6. The van der Waals surface area contributed by atoms with E-state index in [1.54, 1.807) is 29.2 Å². The van der Waals surface area contributed by atoms with Crippen LogP contribution in [-0.2, 0) is 26.1 Å². The molecule has 8 nitrogen and oxygen atoms in total. The van der Waals surface area contributed by atoms with E-state index in [0.29, 0.717) is 55.4 Å². The van der Waals surface area contributed by atoms with Gasteiger partial charge in [0.1, 0.15) is 6.04 Å². The molecule has 2 aromatic carbocycles. The van der Waals surface area contributed by atoms with Crippen LogP contribution in [0.5, 0.6) is 0 Å². The van der Waals surface area contributed by atoms with E-state index in [1.807, 2.05) is 0 Å². The standard InChI is InChI=1S/C24H28ClN3O5S/c25-20-8-10-21(11-9-20)34(31,32)28(22-3-1-2-12-26-23(22)29)17-18-4-6-19(7-5-18)24(30)27-13-15-33-16-14-27/h4-11,22H,1-3,12-17H2,(H,26,29)/t22-/m1/s1. The molecule has 0 radical (unpaired) electrons. The Bertz CT molecular complexity index is 1120. The summed E-state index contributed by atoms with van der Waals surface area (Å²) >= 11 is 5.95. The molecule has 0 spiro atoms. The van der Waals surface area contributed by atoms with Crippen molar-refractivity contribution in [3.63, 3.8) is 0 Å². The summed E-state index contributed by atoms with van der Waals surface area (Å²) in [6.45, 7) is 2.67. The van der Waals surface area contributed by atoms with Gasteiger partial charge in [-0.15, -0.1) is 0 Å². The van der Waals surface area contributed by atoms with E-state index in [1.165, 1.54) is 28.6 Å². The summed E-state index contributed by atoms with van der Waals surface area (Å²) in [5.74, 6) is -0.377. The number of halogens is 1. The molecule has 0 bridgehead atoms. The third-order valence-corrected chi connectivity index (χ3v) is 8.23. The van der Waals surface area contributed by atoms with Gasteiger partial charge in [-0.1, -0.05) is 23.7 Å². The van der Waals surface area contributed by atoms with Gasteiger partial charge in [0.2, 0.25) is 15.9 Å². The number of hydrogen-bond acceptors (Lipinski definition) is 5. The maximum atomic E-state index is 13.6. The highest BCUT2D eigenvalue weighted by molar-refractivity contribution is 7.89. The average molecular weight is 506 g/mol. The van der Waals surface area contributed by atoms with E-state index < -0.39 is 16.1 Å². The minimum Gasteiger partial charge on any atom is -0.378 e. The predicted octanol–water partition coefficient (Wildman–Crippen LogP) is 2.67. The molecule has 1 atom stereocenters. The summed E-state index contributed by atoms with van der Waals surface area (Å²) in [4.78, 5) is 27.4. The van der Waals surface area contributed by atoms with Gasteiger partial charge in [0.15, 0.2) is 0 Å². The summed E-state index contributed by atoms with van der Waals surface area (Å²) in [7, 11) is -3.98. The van der Waals surface area contributed by atoms with Crippen molar-refractivity contribution in [2.75, 3.05) is 32.8 Å². The van der Waals surface area contributed by atoms with Crippen LogP contribution in [0.25, 0.3) is 0 Å². The Morgan fingerprint density at radius 1 is 1.06 bits per heavy atom. The van der Waals surface area contributed by atoms with Crippen molar-refractivity contribution in [1.29, 1.82) is 0 Å². The van der Waals surface area contributed by atoms with E-state index in [0.717, 1.165) is 12.8 Å². The molecule has 2 saturated heterocycles. The van der Waals surface area contributed by atoms with Crippen LogP contribution in [0.15, 0.2) is 53.4 Å². The van der Waals surface area contributed by atoms with Crippen molar-refractivity contribution in [2.24, 2.45) is 0 Å². The van der Waals surface area contributed by atoms with Crippen molar-refractivity contribution in [3.05, 3.63) is 64.7 Å². The van der Waals surface area contributed by atoms with Crippen LogP contribution in [0, 0.1) is 0 Å². The lowest BCUT2D eigenvalue weighted by Crippen LogP contribution is -2.48. The molecule has 0 unspecified atom stereocenters. The molecule has 2 fully saturated rings. The second-order valence-corrected chi connectivity index (χ2v) is 10.7. The van der Waals surface area contributed by atoms with Crippen LogP contribution >= 0.6 is 11.6 Å². The largest absolute Gasteiger partial charge is 0.378 e. The molecule has 2 aromatic rings. The first-order valence-electron chi connectivity index (χ1n) is 11.4. The third kappa shape index (κ3) is 5.60. The van der Waals surface area contributed by atoms with E-state index in [9.17, 15) is 18.0 Å². The number of carbonyl (C=O) groups is 2. The van der Waals surface area contributed by atoms with Gasteiger partial charge >= 0.3 is 0 Å².